The number of carboxylic acid groups (broad SMARTS) is 1. The molecule has 0 atom stereocenters. The molecule has 0 saturated carbocycles. The zero-order valence-corrected chi connectivity index (χ0v) is 16.8. The fourth-order valence-electron chi connectivity index (χ4n) is 0.904. The maximum Gasteiger partial charge on any atom is 2.00 e. The standard InChI is InChI=1S/C5H6N2O2.C4H5IN2.C2H5.BrH.Mg/c1-7-2-4(5(8)9)6-3-7;1-7-2-4(5)6-3-7;1-2;;/h2-3H,1H3,(H,8,9);2-3H,1H3;1H2,2H3;1H;/q;;-1;;+2/p-1. The average molecular weight is 467 g/mol. The van der Waals surface area contributed by atoms with Gasteiger partial charge in [0.15, 0.2) is 5.69 Å². The molecule has 0 bridgehead atoms. The molecule has 2 aromatic rings. The molecule has 2 heterocycles. The second-order valence-electron chi connectivity index (χ2n) is 3.09. The van der Waals surface area contributed by atoms with E-state index in [0.29, 0.717) is 0 Å². The number of hydrogen-bond donors (Lipinski definition) is 1. The van der Waals surface area contributed by atoms with E-state index in [9.17, 15) is 4.79 Å². The van der Waals surface area contributed by atoms with E-state index in [4.69, 9.17) is 5.11 Å². The summed E-state index contributed by atoms with van der Waals surface area (Å²) in [6, 6.07) is 0. The molecule has 108 valence electrons. The predicted octanol–water partition coefficient (Wildman–Crippen LogP) is -1.39. The molecule has 0 amide bonds. The Kier molecular flexibility index (Phi) is 17.2. The van der Waals surface area contributed by atoms with Crippen molar-refractivity contribution in [1.82, 2.24) is 19.1 Å². The first-order valence-corrected chi connectivity index (χ1v) is 6.12. The average Bonchev–Trinajstić information content (AvgIpc) is 2.91. The Labute approximate surface area is 159 Å². The van der Waals surface area contributed by atoms with E-state index < -0.39 is 5.97 Å². The van der Waals surface area contributed by atoms with Crippen molar-refractivity contribution in [1.29, 1.82) is 0 Å². The molecule has 20 heavy (non-hydrogen) atoms. The number of aromatic carboxylic acids is 1. The molecule has 2 rings (SSSR count). The van der Waals surface area contributed by atoms with Crippen LogP contribution in [-0.2, 0) is 14.1 Å². The molecular weight excluding hydrogens is 451 g/mol. The van der Waals surface area contributed by atoms with Crippen LogP contribution in [0.3, 0.4) is 0 Å². The second-order valence-corrected chi connectivity index (χ2v) is 4.20. The summed E-state index contributed by atoms with van der Waals surface area (Å²) in [6.07, 6.45) is 6.63. The minimum atomic E-state index is -0.990. The van der Waals surface area contributed by atoms with Gasteiger partial charge in [-0.25, -0.2) is 14.8 Å². The molecule has 0 aliphatic heterocycles. The molecule has 0 radical (unpaired) electrons. The van der Waals surface area contributed by atoms with Crippen molar-refractivity contribution in [3.63, 3.8) is 0 Å². The number of imidazole rings is 2. The van der Waals surface area contributed by atoms with Crippen molar-refractivity contribution in [2.24, 2.45) is 14.1 Å². The fraction of sp³-hybridized carbons (Fsp3) is 0.273. The Morgan fingerprint density at radius 2 is 1.65 bits per heavy atom. The van der Waals surface area contributed by atoms with Gasteiger partial charge >= 0.3 is 29.0 Å². The fourth-order valence-corrected chi connectivity index (χ4v) is 1.47. The molecule has 0 unspecified atom stereocenters. The van der Waals surface area contributed by atoms with Crippen molar-refractivity contribution in [2.45, 2.75) is 6.92 Å². The molecule has 2 aromatic heterocycles. The van der Waals surface area contributed by atoms with Crippen LogP contribution >= 0.6 is 22.6 Å². The van der Waals surface area contributed by atoms with Gasteiger partial charge in [0.1, 0.15) is 3.70 Å². The monoisotopic (exact) mass is 466 g/mol. The van der Waals surface area contributed by atoms with Gasteiger partial charge in [-0.1, -0.05) is 0 Å². The number of carbonyl (C=O) groups is 1. The Morgan fingerprint density at radius 1 is 1.20 bits per heavy atom. The second kappa shape index (κ2) is 13.8. The largest absolute Gasteiger partial charge is 2.00 e. The number of halogens is 2. The number of rotatable bonds is 1. The summed E-state index contributed by atoms with van der Waals surface area (Å²) >= 11 is 2.17. The first-order chi connectivity index (χ1) is 8.49. The van der Waals surface area contributed by atoms with E-state index in [1.807, 2.05) is 17.8 Å². The zero-order chi connectivity index (χ0) is 14.1. The van der Waals surface area contributed by atoms with Gasteiger partial charge in [0.25, 0.3) is 0 Å². The van der Waals surface area contributed by atoms with E-state index >= 15 is 0 Å². The van der Waals surface area contributed by atoms with Crippen LogP contribution in [0.25, 0.3) is 0 Å². The van der Waals surface area contributed by atoms with Gasteiger partial charge in [0.2, 0.25) is 0 Å². The van der Waals surface area contributed by atoms with Crippen LogP contribution in [0, 0.1) is 10.6 Å². The van der Waals surface area contributed by atoms with Crippen LogP contribution in [0.4, 0.5) is 0 Å². The number of hydrogen-bond acceptors (Lipinski definition) is 3. The molecule has 6 nitrogen and oxygen atoms in total. The van der Waals surface area contributed by atoms with Gasteiger partial charge < -0.3 is 38.1 Å². The number of carboxylic acids is 1. The van der Waals surface area contributed by atoms with Crippen molar-refractivity contribution in [3.05, 3.63) is 41.4 Å². The first kappa shape index (κ1) is 24.9. The maximum absolute atomic E-state index is 10.1. The molecular formula is C11H16BrIMgN4O2. The summed E-state index contributed by atoms with van der Waals surface area (Å²) in [7, 11) is 3.68. The van der Waals surface area contributed by atoms with Crippen LogP contribution < -0.4 is 17.0 Å². The molecule has 1 N–H and O–H groups in total. The van der Waals surface area contributed by atoms with Gasteiger partial charge in [-0.15, -0.1) is 0 Å². The van der Waals surface area contributed by atoms with E-state index in [0.717, 1.165) is 3.70 Å². The topological polar surface area (TPSA) is 72.9 Å². The van der Waals surface area contributed by atoms with E-state index in [1.54, 1.807) is 24.9 Å². The number of aryl methyl sites for hydroxylation is 2. The SMILES string of the molecule is Cn1cnc(C(=O)O)c1.Cn1cnc(I)c1.[Br-].[CH2-]C.[Mg+2]. The number of aromatic nitrogens is 4. The Hall–Kier alpha value is -0.134. The summed E-state index contributed by atoms with van der Waals surface area (Å²) in [4.78, 5) is 17.7. The van der Waals surface area contributed by atoms with E-state index in [2.05, 4.69) is 39.5 Å². The van der Waals surface area contributed by atoms with Crippen molar-refractivity contribution in [2.75, 3.05) is 0 Å². The molecule has 0 aliphatic rings. The van der Waals surface area contributed by atoms with Crippen molar-refractivity contribution >= 4 is 51.6 Å². The normalized spacial score (nSPS) is 7.85. The Balaban J connectivity index is -0.000000240. The first-order valence-electron chi connectivity index (χ1n) is 5.04. The van der Waals surface area contributed by atoms with E-state index in [-0.39, 0.29) is 45.7 Å². The zero-order valence-electron chi connectivity index (χ0n) is 11.6. The van der Waals surface area contributed by atoms with Gasteiger partial charge in [0.05, 0.1) is 12.7 Å². The van der Waals surface area contributed by atoms with Gasteiger partial charge in [0, 0.05) is 26.5 Å². The van der Waals surface area contributed by atoms with Crippen LogP contribution in [0.5, 0.6) is 0 Å². The maximum atomic E-state index is 10.1. The summed E-state index contributed by atoms with van der Waals surface area (Å²) in [6.45, 7) is 5.00. The molecule has 0 saturated heterocycles. The van der Waals surface area contributed by atoms with Gasteiger partial charge in [-0.2, -0.15) is 6.92 Å². The van der Waals surface area contributed by atoms with Gasteiger partial charge in [-0.3, -0.25) is 0 Å². The Bertz CT molecular complexity index is 474. The van der Waals surface area contributed by atoms with Crippen LogP contribution in [-0.4, -0.2) is 53.2 Å². The Morgan fingerprint density at radius 3 is 1.80 bits per heavy atom. The third-order valence-corrected chi connectivity index (χ3v) is 2.15. The third-order valence-electron chi connectivity index (χ3n) is 1.60. The predicted molar refractivity (Wildman–Crippen MR) is 82.9 cm³/mol. The quantitative estimate of drug-likeness (QED) is 0.319. The summed E-state index contributed by atoms with van der Waals surface area (Å²) in [5, 5.41) is 8.32. The molecule has 9 heteroatoms. The van der Waals surface area contributed by atoms with Crippen LogP contribution in [0.1, 0.15) is 17.4 Å². The van der Waals surface area contributed by atoms with Gasteiger partial charge in [-0.05, 0) is 22.6 Å². The molecule has 0 aliphatic carbocycles. The summed E-state index contributed by atoms with van der Waals surface area (Å²) in [5.41, 5.74) is 0.0810. The molecule has 0 aromatic carbocycles. The van der Waals surface area contributed by atoms with Crippen molar-refractivity contribution < 1.29 is 26.9 Å². The smallest absolute Gasteiger partial charge is 1.00 e. The van der Waals surface area contributed by atoms with Crippen LogP contribution in [0.15, 0.2) is 25.0 Å². The third kappa shape index (κ3) is 10.6. The molecule has 0 spiro atoms. The summed E-state index contributed by atoms with van der Waals surface area (Å²) in [5.74, 6) is -0.990. The van der Waals surface area contributed by atoms with Crippen LogP contribution in [0.2, 0.25) is 0 Å². The van der Waals surface area contributed by atoms with Crippen molar-refractivity contribution in [3.8, 4) is 0 Å². The minimum Gasteiger partial charge on any atom is -1.00 e. The number of nitrogens with zero attached hydrogens (tertiary/aromatic N) is 4. The van der Waals surface area contributed by atoms with E-state index in [1.165, 1.54) is 12.5 Å². The summed E-state index contributed by atoms with van der Waals surface area (Å²) < 4.78 is 4.55. The molecule has 0 fully saturated rings. The minimum absolute atomic E-state index is 0.